The van der Waals surface area contributed by atoms with Gasteiger partial charge in [-0.2, -0.15) is 0 Å². The summed E-state index contributed by atoms with van der Waals surface area (Å²) >= 11 is 0. The third-order valence-corrected chi connectivity index (χ3v) is 5.14. The Labute approximate surface area is 147 Å². The third-order valence-electron chi connectivity index (χ3n) is 5.14. The van der Waals surface area contributed by atoms with Crippen LogP contribution < -0.4 is 10.6 Å². The van der Waals surface area contributed by atoms with Crippen LogP contribution in [-0.2, 0) is 17.8 Å². The number of urea groups is 1. The Morgan fingerprint density at radius 2 is 2.24 bits per heavy atom. The van der Waals surface area contributed by atoms with Crippen LogP contribution in [0.4, 0.5) is 4.79 Å². The maximum atomic E-state index is 12.1. The number of fused-ring (bicyclic) bond motifs is 2. The highest BCUT2D eigenvalue weighted by atomic mass is 16.5. The van der Waals surface area contributed by atoms with Crippen molar-refractivity contribution in [1.29, 1.82) is 0 Å². The lowest BCUT2D eigenvalue weighted by atomic mass is 9.96. The van der Waals surface area contributed by atoms with E-state index in [4.69, 9.17) is 4.74 Å². The molecule has 2 amide bonds. The van der Waals surface area contributed by atoms with E-state index in [1.807, 2.05) is 31.5 Å². The van der Waals surface area contributed by atoms with Crippen LogP contribution in [0.1, 0.15) is 36.2 Å². The lowest BCUT2D eigenvalue weighted by Crippen LogP contribution is -2.46. The van der Waals surface area contributed by atoms with Crippen LogP contribution in [0.5, 0.6) is 0 Å². The molecule has 0 saturated carbocycles. The normalized spacial score (nSPS) is 24.4. The van der Waals surface area contributed by atoms with Crippen LogP contribution in [0.3, 0.4) is 0 Å². The van der Waals surface area contributed by atoms with Crippen molar-refractivity contribution < 1.29 is 9.53 Å². The van der Waals surface area contributed by atoms with Crippen molar-refractivity contribution in [3.63, 3.8) is 0 Å². The number of ether oxygens (including phenoxy) is 1. The summed E-state index contributed by atoms with van der Waals surface area (Å²) in [5, 5.41) is 6.01. The summed E-state index contributed by atoms with van der Waals surface area (Å²) < 4.78 is 7.88. The fourth-order valence-electron chi connectivity index (χ4n) is 3.80. The van der Waals surface area contributed by atoms with Crippen LogP contribution in [0, 0.1) is 6.92 Å². The van der Waals surface area contributed by atoms with Gasteiger partial charge in [0.15, 0.2) is 0 Å². The van der Waals surface area contributed by atoms with E-state index in [0.29, 0.717) is 12.6 Å². The molecule has 25 heavy (non-hydrogen) atoms. The van der Waals surface area contributed by atoms with Gasteiger partial charge in [-0.1, -0.05) is 24.3 Å². The lowest BCUT2D eigenvalue weighted by Gasteiger charge is -2.20. The molecule has 132 valence electrons. The number of aromatic nitrogens is 2. The fourth-order valence-corrected chi connectivity index (χ4v) is 3.80. The molecule has 2 aromatic rings. The van der Waals surface area contributed by atoms with Gasteiger partial charge < -0.3 is 19.9 Å². The minimum atomic E-state index is -0.114. The Hall–Kier alpha value is -2.34. The number of benzene rings is 1. The van der Waals surface area contributed by atoms with Crippen LogP contribution in [0.2, 0.25) is 0 Å². The van der Waals surface area contributed by atoms with Crippen molar-refractivity contribution >= 4 is 6.03 Å². The first-order valence-electron chi connectivity index (χ1n) is 8.93. The largest absolute Gasteiger partial charge is 0.373 e. The van der Waals surface area contributed by atoms with Gasteiger partial charge in [-0.05, 0) is 37.3 Å². The maximum Gasteiger partial charge on any atom is 0.315 e. The Morgan fingerprint density at radius 3 is 2.96 bits per heavy atom. The zero-order chi connectivity index (χ0) is 17.2. The highest BCUT2D eigenvalue weighted by molar-refractivity contribution is 5.74. The Bertz CT molecular complexity index is 757. The van der Waals surface area contributed by atoms with E-state index in [0.717, 1.165) is 37.2 Å². The van der Waals surface area contributed by atoms with Gasteiger partial charge in [0.05, 0.1) is 18.2 Å². The van der Waals surface area contributed by atoms with Crippen molar-refractivity contribution in [1.82, 2.24) is 20.2 Å². The second kappa shape index (κ2) is 6.88. The topological polar surface area (TPSA) is 68.2 Å². The smallest absolute Gasteiger partial charge is 0.315 e. The minimum absolute atomic E-state index is 0.114. The first-order chi connectivity index (χ1) is 12.2. The van der Waals surface area contributed by atoms with Gasteiger partial charge in [-0.15, -0.1) is 0 Å². The van der Waals surface area contributed by atoms with Gasteiger partial charge in [-0.25, -0.2) is 9.78 Å². The van der Waals surface area contributed by atoms with E-state index in [2.05, 4.69) is 32.3 Å². The summed E-state index contributed by atoms with van der Waals surface area (Å²) in [5.74, 6) is 0.996. The van der Waals surface area contributed by atoms with Gasteiger partial charge in [0.2, 0.25) is 0 Å². The summed E-state index contributed by atoms with van der Waals surface area (Å²) in [6.45, 7) is 3.30. The molecule has 4 rings (SSSR count). The Morgan fingerprint density at radius 1 is 1.36 bits per heavy atom. The van der Waals surface area contributed by atoms with E-state index < -0.39 is 0 Å². The minimum Gasteiger partial charge on any atom is -0.373 e. The summed E-state index contributed by atoms with van der Waals surface area (Å²) in [7, 11) is 0. The zero-order valence-corrected chi connectivity index (χ0v) is 14.4. The molecule has 2 N–H and O–H groups in total. The quantitative estimate of drug-likeness (QED) is 0.878. The SMILES string of the molecule is Cc1nccn1Cc1cccc(CNC(=O)N[C@H]2C[C@H]3CC[C@H]2O3)c1. The van der Waals surface area contributed by atoms with Crippen molar-refractivity contribution in [2.24, 2.45) is 0 Å². The Kier molecular flexibility index (Phi) is 4.44. The first kappa shape index (κ1) is 16.1. The molecule has 2 saturated heterocycles. The molecule has 0 unspecified atom stereocenters. The highest BCUT2D eigenvalue weighted by Crippen LogP contribution is 2.34. The maximum absolute atomic E-state index is 12.1. The predicted molar refractivity (Wildman–Crippen MR) is 94.2 cm³/mol. The molecule has 1 aromatic carbocycles. The molecule has 0 radical (unpaired) electrons. The summed E-state index contributed by atoms with van der Waals surface area (Å²) in [5.41, 5.74) is 2.29. The van der Waals surface area contributed by atoms with Crippen LogP contribution >= 0.6 is 0 Å². The number of aryl methyl sites for hydroxylation is 1. The number of carbonyl (C=O) groups excluding carboxylic acids is 1. The molecule has 2 bridgehead atoms. The van der Waals surface area contributed by atoms with Gasteiger partial charge in [0, 0.05) is 25.5 Å². The molecule has 0 spiro atoms. The van der Waals surface area contributed by atoms with Crippen molar-refractivity contribution in [3.05, 3.63) is 53.6 Å². The van der Waals surface area contributed by atoms with Crippen LogP contribution in [-0.4, -0.2) is 33.8 Å². The number of carbonyl (C=O) groups is 1. The van der Waals surface area contributed by atoms with E-state index in [1.54, 1.807) is 0 Å². The van der Waals surface area contributed by atoms with E-state index >= 15 is 0 Å². The number of nitrogens with one attached hydrogen (secondary N) is 2. The Balaban J connectivity index is 1.30. The van der Waals surface area contributed by atoms with E-state index in [9.17, 15) is 4.79 Å². The van der Waals surface area contributed by atoms with Gasteiger partial charge >= 0.3 is 6.03 Å². The molecule has 2 fully saturated rings. The molecule has 6 nitrogen and oxygen atoms in total. The monoisotopic (exact) mass is 340 g/mol. The third kappa shape index (κ3) is 3.69. The number of nitrogens with zero attached hydrogens (tertiary/aromatic N) is 2. The average Bonchev–Trinajstić information content (AvgIpc) is 3.32. The second-order valence-corrected chi connectivity index (χ2v) is 6.97. The second-order valence-electron chi connectivity index (χ2n) is 6.97. The molecule has 2 aliphatic rings. The van der Waals surface area contributed by atoms with Gasteiger partial charge in [0.1, 0.15) is 5.82 Å². The number of hydrogen-bond acceptors (Lipinski definition) is 3. The average molecular weight is 340 g/mol. The highest BCUT2D eigenvalue weighted by Gasteiger charge is 2.41. The number of imidazole rings is 1. The molecule has 6 heteroatoms. The summed E-state index contributed by atoms with van der Waals surface area (Å²) in [4.78, 5) is 16.4. The van der Waals surface area contributed by atoms with Crippen molar-refractivity contribution in [2.45, 2.75) is 57.5 Å². The van der Waals surface area contributed by atoms with Crippen LogP contribution in [0.25, 0.3) is 0 Å². The number of amides is 2. The molecule has 2 aliphatic heterocycles. The molecular weight excluding hydrogens is 316 g/mol. The fraction of sp³-hybridized carbons (Fsp3) is 0.474. The summed E-state index contributed by atoms with van der Waals surface area (Å²) in [6.07, 6.45) is 7.47. The first-order valence-corrected chi connectivity index (χ1v) is 8.93. The predicted octanol–water partition coefficient (Wildman–Crippen LogP) is 2.36. The number of hydrogen-bond donors (Lipinski definition) is 2. The van der Waals surface area contributed by atoms with Crippen molar-refractivity contribution in [2.75, 3.05) is 0 Å². The van der Waals surface area contributed by atoms with Gasteiger partial charge in [-0.3, -0.25) is 0 Å². The van der Waals surface area contributed by atoms with Gasteiger partial charge in [0.25, 0.3) is 0 Å². The standard InChI is InChI=1S/C19H24N4O2/c1-13-20-7-8-23(13)12-15-4-2-3-14(9-15)11-21-19(24)22-17-10-16-5-6-18(17)25-16/h2-4,7-9,16-18H,5-6,10-12H2,1H3,(H2,21,22,24)/t16-,17+,18-/m1/s1. The van der Waals surface area contributed by atoms with E-state index in [1.165, 1.54) is 5.56 Å². The number of rotatable bonds is 5. The molecule has 3 heterocycles. The summed E-state index contributed by atoms with van der Waals surface area (Å²) in [6, 6.07) is 8.33. The molecular formula is C19H24N4O2. The lowest BCUT2D eigenvalue weighted by molar-refractivity contribution is 0.0981. The zero-order valence-electron chi connectivity index (χ0n) is 14.4. The molecule has 3 atom stereocenters. The van der Waals surface area contributed by atoms with Crippen LogP contribution in [0.15, 0.2) is 36.7 Å². The molecule has 1 aromatic heterocycles. The van der Waals surface area contributed by atoms with Crippen molar-refractivity contribution in [3.8, 4) is 0 Å². The molecule has 0 aliphatic carbocycles. The van der Waals surface area contributed by atoms with E-state index in [-0.39, 0.29) is 18.2 Å².